The highest BCUT2D eigenvalue weighted by molar-refractivity contribution is 9.10. The van der Waals surface area contributed by atoms with E-state index in [1.165, 1.54) is 0 Å². The standard InChI is InChI=1S/C13H15BrO2/c1-3-4-5-6-12(15)11-8-7-10(14)9-13(11)16-2/h3,7-9H,1,4-6H2,2H3. The van der Waals surface area contributed by atoms with Crippen molar-refractivity contribution in [1.29, 1.82) is 0 Å². The fourth-order valence-corrected chi connectivity index (χ4v) is 1.78. The normalized spacial score (nSPS) is 9.88. The second-order valence-electron chi connectivity index (χ2n) is 3.45. The van der Waals surface area contributed by atoms with Crippen molar-refractivity contribution in [2.75, 3.05) is 7.11 Å². The van der Waals surface area contributed by atoms with Crippen LogP contribution in [0.2, 0.25) is 0 Å². The summed E-state index contributed by atoms with van der Waals surface area (Å²) in [4.78, 5) is 11.9. The summed E-state index contributed by atoms with van der Waals surface area (Å²) in [6, 6.07) is 5.45. The Bertz CT molecular complexity index is 386. The van der Waals surface area contributed by atoms with Gasteiger partial charge in [-0.1, -0.05) is 22.0 Å². The molecule has 0 radical (unpaired) electrons. The molecule has 0 aliphatic heterocycles. The minimum Gasteiger partial charge on any atom is -0.496 e. The summed E-state index contributed by atoms with van der Waals surface area (Å²) in [7, 11) is 1.57. The van der Waals surface area contributed by atoms with Gasteiger partial charge in [0.2, 0.25) is 0 Å². The van der Waals surface area contributed by atoms with Gasteiger partial charge in [0.15, 0.2) is 5.78 Å². The molecule has 0 unspecified atom stereocenters. The maximum absolute atomic E-state index is 11.9. The number of carbonyl (C=O) groups is 1. The van der Waals surface area contributed by atoms with Gasteiger partial charge in [-0.05, 0) is 31.0 Å². The molecule has 1 aromatic rings. The molecule has 0 amide bonds. The highest BCUT2D eigenvalue weighted by Gasteiger charge is 2.11. The highest BCUT2D eigenvalue weighted by atomic mass is 79.9. The zero-order chi connectivity index (χ0) is 12.0. The summed E-state index contributed by atoms with van der Waals surface area (Å²) < 4.78 is 6.09. The Labute approximate surface area is 104 Å². The summed E-state index contributed by atoms with van der Waals surface area (Å²) in [5, 5.41) is 0. The first-order valence-electron chi connectivity index (χ1n) is 5.16. The summed E-state index contributed by atoms with van der Waals surface area (Å²) in [5.74, 6) is 0.740. The van der Waals surface area contributed by atoms with Gasteiger partial charge in [-0.15, -0.1) is 6.58 Å². The lowest BCUT2D eigenvalue weighted by atomic mass is 10.0. The number of unbranched alkanes of at least 4 members (excludes halogenated alkanes) is 1. The predicted molar refractivity (Wildman–Crippen MR) is 69.1 cm³/mol. The molecule has 0 saturated heterocycles. The third-order valence-electron chi connectivity index (χ3n) is 2.28. The Morgan fingerprint density at radius 2 is 2.31 bits per heavy atom. The molecule has 3 heteroatoms. The van der Waals surface area contributed by atoms with Crippen molar-refractivity contribution in [3.63, 3.8) is 0 Å². The van der Waals surface area contributed by atoms with Crippen LogP contribution in [-0.2, 0) is 0 Å². The molecule has 0 aliphatic rings. The van der Waals surface area contributed by atoms with Gasteiger partial charge in [-0.2, -0.15) is 0 Å². The number of allylic oxidation sites excluding steroid dienone is 1. The number of hydrogen-bond acceptors (Lipinski definition) is 2. The first-order chi connectivity index (χ1) is 7.69. The van der Waals surface area contributed by atoms with E-state index in [4.69, 9.17) is 4.74 Å². The van der Waals surface area contributed by atoms with Crippen molar-refractivity contribution in [3.05, 3.63) is 40.9 Å². The van der Waals surface area contributed by atoms with Gasteiger partial charge in [0.05, 0.1) is 12.7 Å². The maximum Gasteiger partial charge on any atom is 0.166 e. The largest absolute Gasteiger partial charge is 0.496 e. The van der Waals surface area contributed by atoms with E-state index in [2.05, 4.69) is 22.5 Å². The lowest BCUT2D eigenvalue weighted by Gasteiger charge is -2.07. The van der Waals surface area contributed by atoms with Gasteiger partial charge in [-0.3, -0.25) is 4.79 Å². The third-order valence-corrected chi connectivity index (χ3v) is 2.77. The van der Waals surface area contributed by atoms with E-state index in [0.29, 0.717) is 17.7 Å². The van der Waals surface area contributed by atoms with Crippen LogP contribution in [0.5, 0.6) is 5.75 Å². The molecule has 0 aliphatic carbocycles. The summed E-state index contributed by atoms with van der Waals surface area (Å²) >= 11 is 3.35. The van der Waals surface area contributed by atoms with Crippen LogP contribution in [0.15, 0.2) is 35.3 Å². The summed E-state index contributed by atoms with van der Waals surface area (Å²) in [5.41, 5.74) is 0.648. The number of ketones is 1. The van der Waals surface area contributed by atoms with Crippen LogP contribution in [0.1, 0.15) is 29.6 Å². The average Bonchev–Trinajstić information content (AvgIpc) is 2.29. The van der Waals surface area contributed by atoms with E-state index < -0.39 is 0 Å². The molecule has 86 valence electrons. The van der Waals surface area contributed by atoms with Crippen LogP contribution in [-0.4, -0.2) is 12.9 Å². The van der Waals surface area contributed by atoms with Crippen LogP contribution in [0.4, 0.5) is 0 Å². The van der Waals surface area contributed by atoms with Crippen molar-refractivity contribution in [2.45, 2.75) is 19.3 Å². The van der Waals surface area contributed by atoms with Gasteiger partial charge in [0, 0.05) is 10.9 Å². The van der Waals surface area contributed by atoms with Crippen molar-refractivity contribution in [2.24, 2.45) is 0 Å². The van der Waals surface area contributed by atoms with Crippen LogP contribution < -0.4 is 4.74 Å². The van der Waals surface area contributed by atoms with Crippen LogP contribution in [0.25, 0.3) is 0 Å². The molecule has 0 N–H and O–H groups in total. The van der Waals surface area contributed by atoms with Crippen LogP contribution >= 0.6 is 15.9 Å². The van der Waals surface area contributed by atoms with Crippen molar-refractivity contribution < 1.29 is 9.53 Å². The van der Waals surface area contributed by atoms with Crippen LogP contribution in [0, 0.1) is 0 Å². The predicted octanol–water partition coefficient (Wildman–Crippen LogP) is 4.00. The molecule has 0 heterocycles. The van der Waals surface area contributed by atoms with E-state index in [1.807, 2.05) is 12.1 Å². The van der Waals surface area contributed by atoms with Gasteiger partial charge < -0.3 is 4.74 Å². The fraction of sp³-hybridized carbons (Fsp3) is 0.308. The Morgan fingerprint density at radius 1 is 1.56 bits per heavy atom. The molecular formula is C13H15BrO2. The van der Waals surface area contributed by atoms with Crippen molar-refractivity contribution in [3.8, 4) is 5.75 Å². The van der Waals surface area contributed by atoms with E-state index in [0.717, 1.165) is 17.3 Å². The molecule has 0 spiro atoms. The number of ether oxygens (including phenoxy) is 1. The molecule has 0 bridgehead atoms. The maximum atomic E-state index is 11.9. The minimum atomic E-state index is 0.117. The smallest absolute Gasteiger partial charge is 0.166 e. The molecule has 1 rings (SSSR count). The third kappa shape index (κ3) is 3.49. The SMILES string of the molecule is C=CCCCC(=O)c1ccc(Br)cc1OC. The Balaban J connectivity index is 2.78. The van der Waals surface area contributed by atoms with Gasteiger partial charge >= 0.3 is 0 Å². The monoisotopic (exact) mass is 282 g/mol. The van der Waals surface area contributed by atoms with Gasteiger partial charge in [0.25, 0.3) is 0 Å². The summed E-state index contributed by atoms with van der Waals surface area (Å²) in [6.07, 6.45) is 4.06. The number of carbonyl (C=O) groups excluding carboxylic acids is 1. The molecule has 1 aromatic carbocycles. The number of methoxy groups -OCH3 is 1. The van der Waals surface area contributed by atoms with Gasteiger partial charge in [0.1, 0.15) is 5.75 Å². The van der Waals surface area contributed by atoms with E-state index >= 15 is 0 Å². The zero-order valence-corrected chi connectivity index (χ0v) is 10.9. The average molecular weight is 283 g/mol. The number of Topliss-reactive ketones (excluding diaryl/α,β-unsaturated/α-hetero) is 1. The molecule has 0 saturated carbocycles. The molecule has 16 heavy (non-hydrogen) atoms. The second kappa shape index (κ2) is 6.48. The highest BCUT2D eigenvalue weighted by Crippen LogP contribution is 2.25. The Kier molecular flexibility index (Phi) is 5.26. The van der Waals surface area contributed by atoms with Gasteiger partial charge in [-0.25, -0.2) is 0 Å². The topological polar surface area (TPSA) is 26.3 Å². The second-order valence-corrected chi connectivity index (χ2v) is 4.36. The van der Waals surface area contributed by atoms with Crippen molar-refractivity contribution >= 4 is 21.7 Å². The first kappa shape index (κ1) is 13.0. The summed E-state index contributed by atoms with van der Waals surface area (Å²) in [6.45, 7) is 3.63. The number of halogens is 1. The molecule has 0 atom stereocenters. The quantitative estimate of drug-likeness (QED) is 0.448. The molecular weight excluding hydrogens is 268 g/mol. The molecule has 2 nitrogen and oxygen atoms in total. The lowest BCUT2D eigenvalue weighted by Crippen LogP contribution is -2.01. The molecule has 0 fully saturated rings. The number of hydrogen-bond donors (Lipinski definition) is 0. The first-order valence-corrected chi connectivity index (χ1v) is 5.96. The zero-order valence-electron chi connectivity index (χ0n) is 9.33. The Hall–Kier alpha value is -1.09. The van der Waals surface area contributed by atoms with E-state index in [-0.39, 0.29) is 5.78 Å². The van der Waals surface area contributed by atoms with E-state index in [9.17, 15) is 4.79 Å². The fourth-order valence-electron chi connectivity index (χ4n) is 1.44. The Morgan fingerprint density at radius 3 is 2.94 bits per heavy atom. The van der Waals surface area contributed by atoms with Crippen LogP contribution in [0.3, 0.4) is 0 Å². The molecule has 0 aromatic heterocycles. The van der Waals surface area contributed by atoms with E-state index in [1.54, 1.807) is 19.2 Å². The number of benzene rings is 1. The van der Waals surface area contributed by atoms with Crippen molar-refractivity contribution in [1.82, 2.24) is 0 Å². The lowest BCUT2D eigenvalue weighted by molar-refractivity contribution is 0.0977. The number of rotatable bonds is 6. The minimum absolute atomic E-state index is 0.117.